The Bertz CT molecular complexity index is 218. The van der Waals surface area contributed by atoms with Crippen molar-refractivity contribution in [2.75, 3.05) is 0 Å². The Labute approximate surface area is 59.9 Å². The van der Waals surface area contributed by atoms with Crippen LogP contribution in [-0.2, 0) is 11.2 Å². The molecular weight excluding hydrogens is 126 g/mol. The van der Waals surface area contributed by atoms with Crippen LogP contribution < -0.4 is 0 Å². The molecule has 0 N–H and O–H groups in total. The standard InChI is InChI=1S/C8H8NO/c1-7(10)6-8-2-4-9-5-3-8/h2-4H,6H2,1H3. The van der Waals surface area contributed by atoms with Gasteiger partial charge in [0.15, 0.2) is 0 Å². The summed E-state index contributed by atoms with van der Waals surface area (Å²) in [6.45, 7) is 1.57. The molecule has 0 aliphatic rings. The second kappa shape index (κ2) is 3.11. The minimum absolute atomic E-state index is 0.166. The number of Topliss-reactive ketones (excluding diaryl/α,β-unsaturated/α-hetero) is 1. The van der Waals surface area contributed by atoms with Crippen LogP contribution in [0.3, 0.4) is 0 Å². The lowest BCUT2D eigenvalue weighted by atomic mass is 10.1. The van der Waals surface area contributed by atoms with E-state index < -0.39 is 0 Å². The van der Waals surface area contributed by atoms with Crippen LogP contribution in [-0.4, -0.2) is 10.8 Å². The summed E-state index contributed by atoms with van der Waals surface area (Å²) in [5, 5.41) is 0. The van der Waals surface area contributed by atoms with Crippen molar-refractivity contribution >= 4 is 5.78 Å². The minimum atomic E-state index is 0.166. The fourth-order valence-electron chi connectivity index (χ4n) is 0.742. The van der Waals surface area contributed by atoms with Gasteiger partial charge in [-0.05, 0) is 24.6 Å². The van der Waals surface area contributed by atoms with Crippen LogP contribution in [0.15, 0.2) is 18.3 Å². The van der Waals surface area contributed by atoms with E-state index in [1.807, 2.05) is 6.07 Å². The summed E-state index contributed by atoms with van der Waals surface area (Å²) in [6, 6.07) is 3.54. The molecule has 0 fully saturated rings. The van der Waals surface area contributed by atoms with Crippen LogP contribution in [0.2, 0.25) is 0 Å². The third-order valence-electron chi connectivity index (χ3n) is 1.14. The fourth-order valence-corrected chi connectivity index (χ4v) is 0.742. The van der Waals surface area contributed by atoms with Crippen LogP contribution in [0.4, 0.5) is 0 Å². The predicted molar refractivity (Wildman–Crippen MR) is 37.5 cm³/mol. The van der Waals surface area contributed by atoms with Crippen molar-refractivity contribution in [3.8, 4) is 0 Å². The molecule has 0 aliphatic heterocycles. The summed E-state index contributed by atoms with van der Waals surface area (Å²) in [6.07, 6.45) is 4.79. The monoisotopic (exact) mass is 134 g/mol. The van der Waals surface area contributed by atoms with Gasteiger partial charge in [0.25, 0.3) is 0 Å². The minimum Gasteiger partial charge on any atom is -0.300 e. The van der Waals surface area contributed by atoms with Crippen molar-refractivity contribution in [3.63, 3.8) is 0 Å². The lowest BCUT2D eigenvalue weighted by molar-refractivity contribution is -0.116. The van der Waals surface area contributed by atoms with Gasteiger partial charge in [0.05, 0.1) is 6.20 Å². The molecule has 0 spiro atoms. The maximum atomic E-state index is 10.6. The smallest absolute Gasteiger partial charge is 0.134 e. The predicted octanol–water partition coefficient (Wildman–Crippen LogP) is 1.01. The zero-order chi connectivity index (χ0) is 7.40. The van der Waals surface area contributed by atoms with Crippen molar-refractivity contribution in [2.45, 2.75) is 13.3 Å². The zero-order valence-electron chi connectivity index (χ0n) is 5.79. The molecule has 2 heteroatoms. The molecule has 1 radical (unpaired) electrons. The van der Waals surface area contributed by atoms with E-state index in [4.69, 9.17) is 0 Å². The number of ketones is 1. The Morgan fingerprint density at radius 2 is 2.60 bits per heavy atom. The Morgan fingerprint density at radius 1 is 1.80 bits per heavy atom. The first-order valence-corrected chi connectivity index (χ1v) is 3.09. The molecule has 0 unspecified atom stereocenters. The highest BCUT2D eigenvalue weighted by Gasteiger charge is 1.94. The van der Waals surface area contributed by atoms with Gasteiger partial charge in [0, 0.05) is 12.6 Å². The third-order valence-corrected chi connectivity index (χ3v) is 1.14. The van der Waals surface area contributed by atoms with Gasteiger partial charge in [-0.1, -0.05) is 0 Å². The molecule has 0 bridgehead atoms. The average molecular weight is 134 g/mol. The molecule has 0 amide bonds. The Kier molecular flexibility index (Phi) is 2.15. The quantitative estimate of drug-likeness (QED) is 0.604. The zero-order valence-corrected chi connectivity index (χ0v) is 5.79. The van der Waals surface area contributed by atoms with Gasteiger partial charge >= 0.3 is 0 Å². The first-order valence-electron chi connectivity index (χ1n) is 3.09. The van der Waals surface area contributed by atoms with Gasteiger partial charge in [-0.25, -0.2) is 0 Å². The normalized spacial score (nSPS) is 9.30. The third kappa shape index (κ3) is 1.97. The highest BCUT2D eigenvalue weighted by molar-refractivity contribution is 5.78. The lowest BCUT2D eigenvalue weighted by Crippen LogP contribution is -1.95. The second-order valence-corrected chi connectivity index (χ2v) is 2.17. The Hall–Kier alpha value is -1.18. The van der Waals surface area contributed by atoms with Crippen molar-refractivity contribution in [1.82, 2.24) is 4.98 Å². The van der Waals surface area contributed by atoms with Gasteiger partial charge in [-0.15, -0.1) is 0 Å². The largest absolute Gasteiger partial charge is 0.300 e. The van der Waals surface area contributed by atoms with Crippen LogP contribution in [0.25, 0.3) is 0 Å². The van der Waals surface area contributed by atoms with Crippen molar-refractivity contribution in [2.24, 2.45) is 0 Å². The van der Waals surface area contributed by atoms with E-state index >= 15 is 0 Å². The van der Waals surface area contributed by atoms with Crippen molar-refractivity contribution < 1.29 is 4.79 Å². The molecule has 0 aliphatic carbocycles. The number of carbonyl (C=O) groups is 1. The molecule has 1 rings (SSSR count). The molecule has 1 aromatic rings. The molecule has 51 valence electrons. The van der Waals surface area contributed by atoms with Crippen molar-refractivity contribution in [3.05, 3.63) is 30.1 Å². The number of hydrogen-bond donors (Lipinski definition) is 0. The molecule has 0 atom stereocenters. The molecule has 10 heavy (non-hydrogen) atoms. The van der Waals surface area contributed by atoms with Gasteiger partial charge in [-0.3, -0.25) is 9.78 Å². The summed E-state index contributed by atoms with van der Waals surface area (Å²) >= 11 is 0. The number of hydrogen-bond acceptors (Lipinski definition) is 2. The molecule has 1 aromatic heterocycles. The van der Waals surface area contributed by atoms with Gasteiger partial charge in [-0.2, -0.15) is 0 Å². The topological polar surface area (TPSA) is 30.0 Å². The number of rotatable bonds is 2. The number of nitrogens with zero attached hydrogens (tertiary/aromatic N) is 1. The fraction of sp³-hybridized carbons (Fsp3) is 0.250. The SMILES string of the molecule is CC(=O)Cc1c[c]ncc1. The summed E-state index contributed by atoms with van der Waals surface area (Å²) in [4.78, 5) is 14.3. The van der Waals surface area contributed by atoms with Gasteiger partial charge in [0.2, 0.25) is 0 Å². The molecule has 0 aromatic carbocycles. The van der Waals surface area contributed by atoms with E-state index in [-0.39, 0.29) is 5.78 Å². The van der Waals surface area contributed by atoms with E-state index in [2.05, 4.69) is 11.2 Å². The Balaban J connectivity index is 2.67. The second-order valence-electron chi connectivity index (χ2n) is 2.17. The average Bonchev–Trinajstić information content (AvgIpc) is 1.88. The molecule has 1 heterocycles. The number of pyridine rings is 1. The van der Waals surface area contributed by atoms with Crippen LogP contribution in [0.1, 0.15) is 12.5 Å². The van der Waals surface area contributed by atoms with E-state index in [1.165, 1.54) is 0 Å². The van der Waals surface area contributed by atoms with Crippen LogP contribution >= 0.6 is 0 Å². The lowest BCUT2D eigenvalue weighted by Gasteiger charge is -1.92. The number of carbonyl (C=O) groups excluding carboxylic acids is 1. The molecular formula is C8H8NO. The van der Waals surface area contributed by atoms with Crippen LogP contribution in [0, 0.1) is 6.20 Å². The number of aromatic nitrogens is 1. The molecule has 0 saturated heterocycles. The maximum Gasteiger partial charge on any atom is 0.134 e. The highest BCUT2D eigenvalue weighted by atomic mass is 16.1. The van der Waals surface area contributed by atoms with E-state index in [1.54, 1.807) is 19.2 Å². The first-order chi connectivity index (χ1) is 4.79. The Morgan fingerprint density at radius 3 is 3.10 bits per heavy atom. The first kappa shape index (κ1) is 6.93. The van der Waals surface area contributed by atoms with Crippen molar-refractivity contribution in [1.29, 1.82) is 0 Å². The highest BCUT2D eigenvalue weighted by Crippen LogP contribution is 1.96. The van der Waals surface area contributed by atoms with Gasteiger partial charge < -0.3 is 0 Å². The molecule has 2 nitrogen and oxygen atoms in total. The summed E-state index contributed by atoms with van der Waals surface area (Å²) in [5.74, 6) is 0.166. The van der Waals surface area contributed by atoms with E-state index in [0.717, 1.165) is 5.56 Å². The van der Waals surface area contributed by atoms with E-state index in [9.17, 15) is 4.79 Å². The summed E-state index contributed by atoms with van der Waals surface area (Å²) in [5.41, 5.74) is 0.975. The summed E-state index contributed by atoms with van der Waals surface area (Å²) in [7, 11) is 0. The maximum absolute atomic E-state index is 10.6. The van der Waals surface area contributed by atoms with E-state index in [0.29, 0.717) is 6.42 Å². The van der Waals surface area contributed by atoms with Gasteiger partial charge in [0.1, 0.15) is 5.78 Å². The molecule has 0 saturated carbocycles. The summed E-state index contributed by atoms with van der Waals surface area (Å²) < 4.78 is 0. The van der Waals surface area contributed by atoms with Crippen LogP contribution in [0.5, 0.6) is 0 Å².